The summed E-state index contributed by atoms with van der Waals surface area (Å²) in [5.74, 6) is 2.35. The van der Waals surface area contributed by atoms with Gasteiger partial charge < -0.3 is 15.4 Å². The lowest BCUT2D eigenvalue weighted by Gasteiger charge is -2.43. The van der Waals surface area contributed by atoms with Crippen LogP contribution in [0.25, 0.3) is 0 Å². The maximum absolute atomic E-state index is 13.0. The topological polar surface area (TPSA) is 55.6 Å². The van der Waals surface area contributed by atoms with Crippen LogP contribution in [0, 0.1) is 17.8 Å². The van der Waals surface area contributed by atoms with E-state index in [1.165, 1.54) is 32.1 Å². The van der Waals surface area contributed by atoms with Gasteiger partial charge in [-0.15, -0.1) is 12.4 Å². The predicted octanol–water partition coefficient (Wildman–Crippen LogP) is 2.98. The zero-order valence-corrected chi connectivity index (χ0v) is 15.2. The van der Waals surface area contributed by atoms with Gasteiger partial charge in [0, 0.05) is 32.2 Å². The molecule has 0 spiro atoms. The van der Waals surface area contributed by atoms with Gasteiger partial charge in [0.2, 0.25) is 5.91 Å². The molecule has 3 fully saturated rings. The third-order valence-electron chi connectivity index (χ3n) is 6.45. The number of likely N-dealkylation sites (tertiary alicyclic amines) is 1. The van der Waals surface area contributed by atoms with Crippen LogP contribution in [0.5, 0.6) is 0 Å². The Morgan fingerprint density at radius 3 is 2.52 bits per heavy atom. The van der Waals surface area contributed by atoms with E-state index < -0.39 is 0 Å². The molecule has 1 aliphatic heterocycles. The third kappa shape index (κ3) is 4.21. The van der Waals surface area contributed by atoms with Crippen molar-refractivity contribution >= 4 is 18.3 Å². The summed E-state index contributed by atoms with van der Waals surface area (Å²) >= 11 is 0. The molecule has 1 heterocycles. The number of halogens is 1. The molecule has 23 heavy (non-hydrogen) atoms. The van der Waals surface area contributed by atoms with Crippen molar-refractivity contribution in [1.29, 1.82) is 0 Å². The lowest BCUT2D eigenvalue weighted by molar-refractivity contribution is -0.143. The van der Waals surface area contributed by atoms with E-state index >= 15 is 0 Å². The summed E-state index contributed by atoms with van der Waals surface area (Å²) in [6, 6.07) is 0.176. The zero-order chi connectivity index (χ0) is 15.5. The monoisotopic (exact) mass is 344 g/mol. The number of hydrogen-bond acceptors (Lipinski definition) is 3. The number of rotatable bonds is 3. The van der Waals surface area contributed by atoms with E-state index in [1.54, 1.807) is 7.11 Å². The van der Waals surface area contributed by atoms with E-state index in [2.05, 4.69) is 4.90 Å². The Morgan fingerprint density at radius 1 is 1.09 bits per heavy atom. The van der Waals surface area contributed by atoms with Crippen molar-refractivity contribution in [3.8, 4) is 0 Å². The number of carbonyl (C=O) groups is 1. The number of hydrogen-bond donors (Lipinski definition) is 1. The van der Waals surface area contributed by atoms with Crippen LogP contribution < -0.4 is 5.73 Å². The molecule has 2 aliphatic carbocycles. The number of carbonyl (C=O) groups excluding carboxylic acids is 1. The molecule has 5 atom stereocenters. The van der Waals surface area contributed by atoms with Crippen LogP contribution in [-0.4, -0.2) is 43.2 Å². The average molecular weight is 345 g/mol. The van der Waals surface area contributed by atoms with E-state index in [0.717, 1.165) is 44.1 Å². The van der Waals surface area contributed by atoms with E-state index in [9.17, 15) is 4.79 Å². The van der Waals surface area contributed by atoms with Crippen LogP contribution in [0.3, 0.4) is 0 Å². The first kappa shape index (κ1) is 19.0. The molecule has 4 nitrogen and oxygen atoms in total. The molecule has 3 aliphatic rings. The summed E-state index contributed by atoms with van der Waals surface area (Å²) in [5.41, 5.74) is 5.93. The fourth-order valence-electron chi connectivity index (χ4n) is 5.07. The van der Waals surface area contributed by atoms with Crippen molar-refractivity contribution in [1.82, 2.24) is 4.90 Å². The summed E-state index contributed by atoms with van der Waals surface area (Å²) < 4.78 is 5.47. The normalized spacial score (nSPS) is 37.7. The highest BCUT2D eigenvalue weighted by molar-refractivity contribution is 5.85. The second-order valence-corrected chi connectivity index (χ2v) is 7.62. The fraction of sp³-hybridized carbons (Fsp3) is 0.944. The lowest BCUT2D eigenvalue weighted by atomic mass is 9.67. The Morgan fingerprint density at radius 2 is 1.83 bits per heavy atom. The highest BCUT2D eigenvalue weighted by atomic mass is 35.5. The van der Waals surface area contributed by atoms with Crippen LogP contribution in [0.1, 0.15) is 57.8 Å². The van der Waals surface area contributed by atoms with E-state index in [0.29, 0.717) is 12.5 Å². The molecular formula is C18H33ClN2O2. The van der Waals surface area contributed by atoms with Crippen molar-refractivity contribution in [2.75, 3.05) is 20.2 Å². The zero-order valence-electron chi connectivity index (χ0n) is 14.4. The number of nitrogens with zero attached hydrogens (tertiary/aromatic N) is 1. The van der Waals surface area contributed by atoms with Crippen molar-refractivity contribution in [2.24, 2.45) is 23.5 Å². The molecule has 5 unspecified atom stereocenters. The highest BCUT2D eigenvalue weighted by Gasteiger charge is 2.39. The van der Waals surface area contributed by atoms with Crippen LogP contribution in [0.2, 0.25) is 0 Å². The number of piperidine rings is 1. The Labute approximate surface area is 146 Å². The van der Waals surface area contributed by atoms with Gasteiger partial charge in [-0.25, -0.2) is 0 Å². The van der Waals surface area contributed by atoms with Crippen LogP contribution in [0.4, 0.5) is 0 Å². The summed E-state index contributed by atoms with van der Waals surface area (Å²) in [4.78, 5) is 15.1. The largest absolute Gasteiger partial charge is 0.381 e. The highest BCUT2D eigenvalue weighted by Crippen LogP contribution is 2.43. The summed E-state index contributed by atoms with van der Waals surface area (Å²) in [6.07, 6.45) is 11.1. The van der Waals surface area contributed by atoms with Gasteiger partial charge in [-0.1, -0.05) is 25.7 Å². The first-order valence-corrected chi connectivity index (χ1v) is 9.26. The van der Waals surface area contributed by atoms with Gasteiger partial charge in [-0.05, 0) is 43.9 Å². The minimum Gasteiger partial charge on any atom is -0.381 e. The Balaban J connectivity index is 0.00000192. The SMILES string of the molecule is COC1CCN(C(=O)C2CCC3CCCCC3C2)C(CN)C1.Cl. The smallest absolute Gasteiger partial charge is 0.225 e. The predicted molar refractivity (Wildman–Crippen MR) is 94.6 cm³/mol. The van der Waals surface area contributed by atoms with Gasteiger partial charge in [-0.3, -0.25) is 4.79 Å². The van der Waals surface area contributed by atoms with Crippen molar-refractivity contribution < 1.29 is 9.53 Å². The van der Waals surface area contributed by atoms with Crippen molar-refractivity contribution in [3.63, 3.8) is 0 Å². The van der Waals surface area contributed by atoms with E-state index in [-0.39, 0.29) is 30.5 Å². The molecule has 0 aromatic rings. The molecule has 3 rings (SSSR count). The van der Waals surface area contributed by atoms with Crippen molar-refractivity contribution in [3.05, 3.63) is 0 Å². The average Bonchev–Trinajstić information content (AvgIpc) is 2.60. The number of amides is 1. The van der Waals surface area contributed by atoms with E-state index in [1.807, 2.05) is 0 Å². The molecule has 134 valence electrons. The van der Waals surface area contributed by atoms with Crippen LogP contribution in [-0.2, 0) is 9.53 Å². The molecule has 0 bridgehead atoms. The van der Waals surface area contributed by atoms with Gasteiger partial charge in [0.25, 0.3) is 0 Å². The Bertz CT molecular complexity index is 393. The molecule has 2 saturated carbocycles. The number of fused-ring (bicyclic) bond motifs is 1. The first-order chi connectivity index (χ1) is 10.7. The number of nitrogens with two attached hydrogens (primary N) is 1. The van der Waals surface area contributed by atoms with Crippen LogP contribution in [0.15, 0.2) is 0 Å². The lowest BCUT2D eigenvalue weighted by Crippen LogP contribution is -2.53. The molecule has 1 saturated heterocycles. The summed E-state index contributed by atoms with van der Waals surface area (Å²) in [5, 5.41) is 0. The van der Waals surface area contributed by atoms with Gasteiger partial charge in [0.15, 0.2) is 0 Å². The second-order valence-electron chi connectivity index (χ2n) is 7.62. The quantitative estimate of drug-likeness (QED) is 0.856. The molecule has 5 heteroatoms. The first-order valence-electron chi connectivity index (χ1n) is 9.26. The minimum atomic E-state index is 0. The van der Waals surface area contributed by atoms with Crippen LogP contribution >= 0.6 is 12.4 Å². The molecule has 2 N–H and O–H groups in total. The molecule has 0 aromatic carbocycles. The summed E-state index contributed by atoms with van der Waals surface area (Å²) in [7, 11) is 1.76. The summed E-state index contributed by atoms with van der Waals surface area (Å²) in [6.45, 7) is 1.38. The maximum atomic E-state index is 13.0. The maximum Gasteiger partial charge on any atom is 0.225 e. The third-order valence-corrected chi connectivity index (χ3v) is 6.45. The molecule has 0 aromatic heterocycles. The molecular weight excluding hydrogens is 312 g/mol. The second kappa shape index (κ2) is 8.68. The Kier molecular flexibility index (Phi) is 7.18. The minimum absolute atomic E-state index is 0. The number of methoxy groups -OCH3 is 1. The van der Waals surface area contributed by atoms with E-state index in [4.69, 9.17) is 10.5 Å². The Hall–Kier alpha value is -0.320. The van der Waals surface area contributed by atoms with Gasteiger partial charge in [0.1, 0.15) is 0 Å². The molecule has 0 radical (unpaired) electrons. The van der Waals surface area contributed by atoms with Crippen molar-refractivity contribution in [2.45, 2.75) is 69.9 Å². The van der Waals surface area contributed by atoms with Gasteiger partial charge in [0.05, 0.1) is 6.10 Å². The molecule has 1 amide bonds. The number of ether oxygens (including phenoxy) is 1. The van der Waals surface area contributed by atoms with Gasteiger partial charge in [-0.2, -0.15) is 0 Å². The van der Waals surface area contributed by atoms with Gasteiger partial charge >= 0.3 is 0 Å². The standard InChI is InChI=1S/C18H32N2O2.ClH/c1-22-17-8-9-20(16(11-17)12-19)18(21)15-7-6-13-4-2-3-5-14(13)10-15;/h13-17H,2-12,19H2,1H3;1H. The fourth-order valence-corrected chi connectivity index (χ4v) is 5.07.